The van der Waals surface area contributed by atoms with Crippen LogP contribution in [0.3, 0.4) is 0 Å². The zero-order chi connectivity index (χ0) is 16.9. The number of benzene rings is 1. The third-order valence-electron chi connectivity index (χ3n) is 3.14. The van der Waals surface area contributed by atoms with Gasteiger partial charge in [0, 0.05) is 12.3 Å². The van der Waals surface area contributed by atoms with E-state index in [2.05, 4.69) is 20.9 Å². The Morgan fingerprint density at radius 2 is 2.21 bits per heavy atom. The second-order valence-electron chi connectivity index (χ2n) is 4.79. The lowest BCUT2D eigenvalue weighted by Crippen LogP contribution is -2.09. The maximum atomic E-state index is 10.6. The fourth-order valence-corrected chi connectivity index (χ4v) is 2.14. The maximum Gasteiger partial charge on any atom is 0.341 e. The SMILES string of the molecule is C#CCOc1cc(OCC(=O)O)ccc1-c1nc2ncccc2[nH]1. The van der Waals surface area contributed by atoms with Gasteiger partial charge in [-0.15, -0.1) is 6.42 Å². The number of fused-ring (bicyclic) bond motifs is 1. The molecule has 24 heavy (non-hydrogen) atoms. The van der Waals surface area contributed by atoms with E-state index >= 15 is 0 Å². The normalized spacial score (nSPS) is 10.3. The summed E-state index contributed by atoms with van der Waals surface area (Å²) in [4.78, 5) is 22.4. The molecule has 2 heterocycles. The number of aromatic amines is 1. The number of nitrogens with zero attached hydrogens (tertiary/aromatic N) is 2. The fraction of sp³-hybridized carbons (Fsp3) is 0.118. The van der Waals surface area contributed by atoms with Gasteiger partial charge in [0.05, 0.1) is 11.1 Å². The van der Waals surface area contributed by atoms with Gasteiger partial charge in [0.1, 0.15) is 23.9 Å². The van der Waals surface area contributed by atoms with Crippen LogP contribution >= 0.6 is 0 Å². The Morgan fingerprint density at radius 1 is 1.33 bits per heavy atom. The van der Waals surface area contributed by atoms with Gasteiger partial charge >= 0.3 is 5.97 Å². The van der Waals surface area contributed by atoms with E-state index in [1.165, 1.54) is 0 Å². The first-order valence-electron chi connectivity index (χ1n) is 7.03. The van der Waals surface area contributed by atoms with Crippen LogP contribution in [-0.4, -0.2) is 39.2 Å². The number of hydrogen-bond acceptors (Lipinski definition) is 5. The molecule has 0 aliphatic rings. The highest BCUT2D eigenvalue weighted by atomic mass is 16.5. The van der Waals surface area contributed by atoms with Crippen molar-refractivity contribution >= 4 is 17.1 Å². The van der Waals surface area contributed by atoms with E-state index in [0.29, 0.717) is 28.5 Å². The molecule has 0 unspecified atom stereocenters. The largest absolute Gasteiger partial charge is 0.482 e. The molecule has 0 fully saturated rings. The van der Waals surface area contributed by atoms with E-state index in [0.717, 1.165) is 5.52 Å². The molecule has 0 spiro atoms. The summed E-state index contributed by atoms with van der Waals surface area (Å²) < 4.78 is 10.7. The third kappa shape index (κ3) is 3.28. The Bertz CT molecular complexity index is 894. The monoisotopic (exact) mass is 323 g/mol. The van der Waals surface area contributed by atoms with Crippen molar-refractivity contribution in [1.82, 2.24) is 15.0 Å². The predicted molar refractivity (Wildman–Crippen MR) is 86.8 cm³/mol. The fourth-order valence-electron chi connectivity index (χ4n) is 2.14. The van der Waals surface area contributed by atoms with Crippen LogP contribution in [0.4, 0.5) is 0 Å². The minimum Gasteiger partial charge on any atom is -0.482 e. The average molecular weight is 323 g/mol. The smallest absolute Gasteiger partial charge is 0.341 e. The zero-order valence-corrected chi connectivity index (χ0v) is 12.5. The lowest BCUT2D eigenvalue weighted by Gasteiger charge is -2.10. The second-order valence-corrected chi connectivity index (χ2v) is 4.79. The van der Waals surface area contributed by atoms with Gasteiger partial charge < -0.3 is 19.6 Å². The van der Waals surface area contributed by atoms with E-state index < -0.39 is 12.6 Å². The number of pyridine rings is 1. The number of terminal acetylenes is 1. The molecule has 120 valence electrons. The number of imidazole rings is 1. The number of ether oxygens (including phenoxy) is 2. The van der Waals surface area contributed by atoms with Crippen molar-refractivity contribution in [2.75, 3.05) is 13.2 Å². The Hall–Kier alpha value is -3.53. The number of H-pyrrole nitrogens is 1. The molecule has 3 aromatic rings. The van der Waals surface area contributed by atoms with Gasteiger partial charge in [-0.05, 0) is 24.3 Å². The van der Waals surface area contributed by atoms with Gasteiger partial charge in [-0.2, -0.15) is 0 Å². The summed E-state index contributed by atoms with van der Waals surface area (Å²) in [6.45, 7) is -0.379. The summed E-state index contributed by atoms with van der Waals surface area (Å²) in [5, 5.41) is 8.69. The van der Waals surface area contributed by atoms with Crippen molar-refractivity contribution in [3.8, 4) is 35.2 Å². The summed E-state index contributed by atoms with van der Waals surface area (Å²) in [7, 11) is 0. The molecular weight excluding hydrogens is 310 g/mol. The number of carboxylic acids is 1. The number of carboxylic acid groups (broad SMARTS) is 1. The highest BCUT2D eigenvalue weighted by Gasteiger charge is 2.13. The lowest BCUT2D eigenvalue weighted by atomic mass is 10.2. The molecule has 2 aromatic heterocycles. The average Bonchev–Trinajstić information content (AvgIpc) is 3.02. The standard InChI is InChI=1S/C17H13N3O4/c1-2-8-23-14-9-11(24-10-15(21)22)5-6-12(14)16-19-13-4-3-7-18-17(13)20-16/h1,3-7,9H,8,10H2,(H,21,22)(H,18,19,20). The van der Waals surface area contributed by atoms with Crippen LogP contribution in [0.2, 0.25) is 0 Å². The first kappa shape index (κ1) is 15.4. The minimum absolute atomic E-state index is 0.0634. The van der Waals surface area contributed by atoms with E-state index in [-0.39, 0.29) is 6.61 Å². The molecule has 0 aliphatic carbocycles. The maximum absolute atomic E-state index is 10.6. The van der Waals surface area contributed by atoms with E-state index in [1.807, 2.05) is 12.1 Å². The summed E-state index contributed by atoms with van der Waals surface area (Å²) in [6.07, 6.45) is 6.90. The lowest BCUT2D eigenvalue weighted by molar-refractivity contribution is -0.139. The zero-order valence-electron chi connectivity index (χ0n) is 12.5. The molecule has 7 heteroatoms. The van der Waals surface area contributed by atoms with E-state index in [4.69, 9.17) is 21.0 Å². The van der Waals surface area contributed by atoms with Crippen molar-refractivity contribution in [3.63, 3.8) is 0 Å². The van der Waals surface area contributed by atoms with Crippen molar-refractivity contribution in [2.45, 2.75) is 0 Å². The van der Waals surface area contributed by atoms with Gasteiger partial charge in [-0.1, -0.05) is 5.92 Å². The van der Waals surface area contributed by atoms with E-state index in [9.17, 15) is 4.79 Å². The minimum atomic E-state index is -1.06. The van der Waals surface area contributed by atoms with Crippen LogP contribution < -0.4 is 9.47 Å². The second kappa shape index (κ2) is 6.71. The summed E-state index contributed by atoms with van der Waals surface area (Å²) in [6, 6.07) is 8.62. The van der Waals surface area contributed by atoms with Crippen molar-refractivity contribution in [2.24, 2.45) is 0 Å². The molecule has 0 atom stereocenters. The van der Waals surface area contributed by atoms with E-state index in [1.54, 1.807) is 24.4 Å². The number of aromatic nitrogens is 3. The quantitative estimate of drug-likeness (QED) is 0.674. The number of aliphatic carboxylic acids is 1. The molecule has 1 aromatic carbocycles. The van der Waals surface area contributed by atoms with Crippen LogP contribution in [0.15, 0.2) is 36.5 Å². The molecule has 0 saturated carbocycles. The molecule has 2 N–H and O–H groups in total. The van der Waals surface area contributed by atoms with Crippen LogP contribution in [0, 0.1) is 12.3 Å². The third-order valence-corrected chi connectivity index (χ3v) is 3.14. The Labute approximate surface area is 137 Å². The molecular formula is C17H13N3O4. The van der Waals surface area contributed by atoms with Crippen molar-refractivity contribution in [3.05, 3.63) is 36.5 Å². The van der Waals surface area contributed by atoms with Crippen LogP contribution in [0.25, 0.3) is 22.6 Å². The van der Waals surface area contributed by atoms with Crippen LogP contribution in [-0.2, 0) is 4.79 Å². The van der Waals surface area contributed by atoms with Crippen molar-refractivity contribution < 1.29 is 19.4 Å². The molecule has 0 saturated heterocycles. The Kier molecular flexibility index (Phi) is 4.29. The van der Waals surface area contributed by atoms with Gasteiger partial charge in [-0.3, -0.25) is 0 Å². The molecule has 0 radical (unpaired) electrons. The highest BCUT2D eigenvalue weighted by molar-refractivity contribution is 5.78. The molecule has 3 rings (SSSR count). The number of nitrogens with one attached hydrogen (secondary N) is 1. The summed E-state index contributed by atoms with van der Waals surface area (Å²) in [5.74, 6) is 2.70. The van der Waals surface area contributed by atoms with Gasteiger partial charge in [0.15, 0.2) is 12.3 Å². The first-order valence-corrected chi connectivity index (χ1v) is 7.03. The molecule has 0 bridgehead atoms. The number of rotatable bonds is 6. The molecule has 0 aliphatic heterocycles. The number of hydrogen-bond donors (Lipinski definition) is 2. The summed E-state index contributed by atoms with van der Waals surface area (Å²) in [5.41, 5.74) is 2.05. The topological polar surface area (TPSA) is 97.3 Å². The Morgan fingerprint density at radius 3 is 2.96 bits per heavy atom. The predicted octanol–water partition coefficient (Wildman–Crippen LogP) is 2.10. The van der Waals surface area contributed by atoms with Crippen LogP contribution in [0.1, 0.15) is 0 Å². The molecule has 7 nitrogen and oxygen atoms in total. The molecule has 0 amide bonds. The number of carbonyl (C=O) groups is 1. The van der Waals surface area contributed by atoms with Crippen LogP contribution in [0.5, 0.6) is 11.5 Å². The van der Waals surface area contributed by atoms with Crippen molar-refractivity contribution in [1.29, 1.82) is 0 Å². The Balaban J connectivity index is 1.98. The first-order chi connectivity index (χ1) is 11.7. The highest BCUT2D eigenvalue weighted by Crippen LogP contribution is 2.32. The summed E-state index contributed by atoms with van der Waals surface area (Å²) >= 11 is 0. The van der Waals surface area contributed by atoms with Gasteiger partial charge in [-0.25, -0.2) is 14.8 Å². The van der Waals surface area contributed by atoms with Gasteiger partial charge in [0.2, 0.25) is 0 Å². The van der Waals surface area contributed by atoms with Gasteiger partial charge in [0.25, 0.3) is 0 Å².